The molecular weight excluding hydrogens is 302 g/mol. The first-order valence-electron chi connectivity index (χ1n) is 7.48. The first kappa shape index (κ1) is 17.1. The second-order valence-corrected chi connectivity index (χ2v) is 5.47. The summed E-state index contributed by atoms with van der Waals surface area (Å²) in [5, 5.41) is 9.65. The number of phenols is 1. The number of rotatable bonds is 5. The lowest BCUT2D eigenvalue weighted by Crippen LogP contribution is -2.52. The minimum absolute atomic E-state index is 0.0838. The van der Waals surface area contributed by atoms with Crippen LogP contribution in [0.2, 0.25) is 0 Å². The van der Waals surface area contributed by atoms with Gasteiger partial charge in [-0.15, -0.1) is 0 Å². The molecule has 1 aromatic rings. The molecule has 1 unspecified atom stereocenters. The number of aromatic hydroxyl groups is 1. The van der Waals surface area contributed by atoms with E-state index >= 15 is 0 Å². The molecule has 1 aliphatic rings. The van der Waals surface area contributed by atoms with Crippen molar-refractivity contribution in [2.24, 2.45) is 0 Å². The van der Waals surface area contributed by atoms with Crippen LogP contribution in [0.3, 0.4) is 0 Å². The van der Waals surface area contributed by atoms with Crippen LogP contribution in [0.15, 0.2) is 18.2 Å². The van der Waals surface area contributed by atoms with Crippen LogP contribution >= 0.6 is 0 Å². The van der Waals surface area contributed by atoms with Gasteiger partial charge in [-0.2, -0.15) is 0 Å². The molecule has 0 radical (unpaired) electrons. The van der Waals surface area contributed by atoms with Gasteiger partial charge in [0.15, 0.2) is 6.29 Å². The van der Waals surface area contributed by atoms with Crippen LogP contribution in [-0.4, -0.2) is 60.9 Å². The van der Waals surface area contributed by atoms with E-state index < -0.39 is 6.09 Å². The van der Waals surface area contributed by atoms with Crippen LogP contribution in [0.1, 0.15) is 24.2 Å². The molecule has 1 fully saturated rings. The van der Waals surface area contributed by atoms with Gasteiger partial charge in [-0.1, -0.05) is 6.07 Å². The molecule has 1 amide bonds. The molecule has 23 heavy (non-hydrogen) atoms. The van der Waals surface area contributed by atoms with E-state index in [1.54, 1.807) is 30.9 Å². The molecule has 1 aromatic carbocycles. The van der Waals surface area contributed by atoms with E-state index in [0.717, 1.165) is 0 Å². The monoisotopic (exact) mass is 323 g/mol. The summed E-state index contributed by atoms with van der Waals surface area (Å²) in [7, 11) is 0. The van der Waals surface area contributed by atoms with Gasteiger partial charge in [-0.3, -0.25) is 9.69 Å². The van der Waals surface area contributed by atoms with Gasteiger partial charge in [0.1, 0.15) is 18.1 Å². The number of aldehydes is 1. The van der Waals surface area contributed by atoms with Crippen molar-refractivity contribution in [2.45, 2.75) is 26.0 Å². The lowest BCUT2D eigenvalue weighted by molar-refractivity contribution is -0.0278. The lowest BCUT2D eigenvalue weighted by atomic mass is 10.2. The Balaban J connectivity index is 2.04. The fourth-order valence-electron chi connectivity index (χ4n) is 2.27. The number of morpholine rings is 1. The largest absolute Gasteiger partial charge is 0.507 e. The normalized spacial score (nSPS) is 17.9. The second kappa shape index (κ2) is 7.82. The highest BCUT2D eigenvalue weighted by molar-refractivity contribution is 5.83. The highest BCUT2D eigenvalue weighted by Crippen LogP contribution is 2.26. The van der Waals surface area contributed by atoms with E-state index in [2.05, 4.69) is 0 Å². The van der Waals surface area contributed by atoms with Gasteiger partial charge in [-0.25, -0.2) is 4.79 Å². The Bertz CT molecular complexity index is 560. The highest BCUT2D eigenvalue weighted by Gasteiger charge is 2.29. The highest BCUT2D eigenvalue weighted by atomic mass is 16.6. The maximum atomic E-state index is 12.1. The maximum Gasteiger partial charge on any atom is 0.410 e. The Kier molecular flexibility index (Phi) is 5.81. The third-order valence-electron chi connectivity index (χ3n) is 3.39. The summed E-state index contributed by atoms with van der Waals surface area (Å²) in [4.78, 5) is 24.7. The van der Waals surface area contributed by atoms with Gasteiger partial charge in [0, 0.05) is 6.54 Å². The minimum Gasteiger partial charge on any atom is -0.507 e. The summed E-state index contributed by atoms with van der Waals surface area (Å²) < 4.78 is 16.2. The average Bonchev–Trinajstić information content (AvgIpc) is 2.52. The minimum atomic E-state index is -0.414. The molecule has 0 bridgehead atoms. The topological polar surface area (TPSA) is 85.3 Å². The number of carbonyl (C=O) groups is 2. The van der Waals surface area contributed by atoms with Crippen LogP contribution in [0, 0.1) is 0 Å². The Hall–Kier alpha value is -2.28. The third-order valence-corrected chi connectivity index (χ3v) is 3.39. The fraction of sp³-hybridized carbons (Fsp3) is 0.500. The quantitative estimate of drug-likeness (QED) is 0.832. The Morgan fingerprint density at radius 1 is 1.52 bits per heavy atom. The molecule has 7 heteroatoms. The average molecular weight is 323 g/mol. The van der Waals surface area contributed by atoms with Gasteiger partial charge >= 0.3 is 6.09 Å². The predicted octanol–water partition coefficient (Wildman–Crippen LogP) is 1.83. The zero-order valence-corrected chi connectivity index (χ0v) is 13.2. The first-order chi connectivity index (χ1) is 11.0. The van der Waals surface area contributed by atoms with Gasteiger partial charge in [0.2, 0.25) is 0 Å². The SMILES string of the molecule is CC(C)OC(=O)N1CCOCC1COc1cccc(O)c1C=O. The van der Waals surface area contributed by atoms with Crippen molar-refractivity contribution in [1.82, 2.24) is 4.90 Å². The number of hydrogen-bond donors (Lipinski definition) is 1. The molecule has 0 aliphatic carbocycles. The molecule has 0 spiro atoms. The molecule has 7 nitrogen and oxygen atoms in total. The van der Waals surface area contributed by atoms with E-state index in [4.69, 9.17) is 14.2 Å². The lowest BCUT2D eigenvalue weighted by Gasteiger charge is -2.35. The van der Waals surface area contributed by atoms with Crippen molar-refractivity contribution in [3.63, 3.8) is 0 Å². The molecular formula is C16H21NO6. The number of benzene rings is 1. The molecule has 1 saturated heterocycles. The van der Waals surface area contributed by atoms with E-state index in [0.29, 0.717) is 26.0 Å². The van der Waals surface area contributed by atoms with Crippen LogP contribution < -0.4 is 4.74 Å². The summed E-state index contributed by atoms with van der Waals surface area (Å²) in [6.45, 7) is 4.88. The fourth-order valence-corrected chi connectivity index (χ4v) is 2.27. The zero-order chi connectivity index (χ0) is 16.8. The summed E-state index contributed by atoms with van der Waals surface area (Å²) in [6, 6.07) is 4.26. The summed E-state index contributed by atoms with van der Waals surface area (Å²) in [5.74, 6) is 0.121. The number of hydrogen-bond acceptors (Lipinski definition) is 6. The Morgan fingerprint density at radius 2 is 2.30 bits per heavy atom. The standard InChI is InChI=1S/C16H21NO6/c1-11(2)23-16(20)17-6-7-21-9-12(17)10-22-15-5-3-4-14(19)13(15)8-18/h3-5,8,11-12,19H,6-7,9-10H2,1-2H3. The van der Waals surface area contributed by atoms with Gasteiger partial charge in [0.05, 0.1) is 30.9 Å². The van der Waals surface area contributed by atoms with Crippen molar-refractivity contribution in [3.05, 3.63) is 23.8 Å². The van der Waals surface area contributed by atoms with Gasteiger partial charge < -0.3 is 19.3 Å². The first-order valence-corrected chi connectivity index (χ1v) is 7.48. The van der Waals surface area contributed by atoms with Crippen molar-refractivity contribution < 1.29 is 28.9 Å². The maximum absolute atomic E-state index is 12.1. The molecule has 126 valence electrons. The Labute approximate surface area is 134 Å². The second-order valence-electron chi connectivity index (χ2n) is 5.47. The molecule has 1 aliphatic heterocycles. The van der Waals surface area contributed by atoms with Crippen molar-refractivity contribution in [2.75, 3.05) is 26.4 Å². The molecule has 0 aromatic heterocycles. The molecule has 1 N–H and O–H groups in total. The molecule has 1 atom stereocenters. The van der Waals surface area contributed by atoms with Gasteiger partial charge in [0.25, 0.3) is 0 Å². The number of amides is 1. The molecule has 1 heterocycles. The van der Waals surface area contributed by atoms with Gasteiger partial charge in [-0.05, 0) is 26.0 Å². The van der Waals surface area contributed by atoms with E-state index in [-0.39, 0.29) is 35.8 Å². The van der Waals surface area contributed by atoms with E-state index in [1.165, 1.54) is 6.07 Å². The van der Waals surface area contributed by atoms with Crippen molar-refractivity contribution in [1.29, 1.82) is 0 Å². The number of nitrogens with zero attached hydrogens (tertiary/aromatic N) is 1. The summed E-state index contributed by atoms with van der Waals surface area (Å²) >= 11 is 0. The summed E-state index contributed by atoms with van der Waals surface area (Å²) in [5.41, 5.74) is 0.0838. The number of carbonyl (C=O) groups excluding carboxylic acids is 2. The third kappa shape index (κ3) is 4.35. The van der Waals surface area contributed by atoms with Crippen molar-refractivity contribution in [3.8, 4) is 11.5 Å². The molecule has 2 rings (SSSR count). The summed E-state index contributed by atoms with van der Waals surface area (Å²) in [6.07, 6.45) is -0.0876. The Morgan fingerprint density at radius 3 is 3.00 bits per heavy atom. The predicted molar refractivity (Wildman–Crippen MR) is 81.9 cm³/mol. The van der Waals surface area contributed by atoms with Crippen LogP contribution in [0.5, 0.6) is 11.5 Å². The molecule has 0 saturated carbocycles. The smallest absolute Gasteiger partial charge is 0.410 e. The zero-order valence-electron chi connectivity index (χ0n) is 13.2. The van der Waals surface area contributed by atoms with Crippen molar-refractivity contribution >= 4 is 12.4 Å². The van der Waals surface area contributed by atoms with Crippen LogP contribution in [0.4, 0.5) is 4.79 Å². The number of ether oxygens (including phenoxy) is 3. The number of phenolic OH excluding ortho intramolecular Hbond substituents is 1. The van der Waals surface area contributed by atoms with Crippen LogP contribution in [0.25, 0.3) is 0 Å². The van der Waals surface area contributed by atoms with E-state index in [1.807, 2.05) is 0 Å². The van der Waals surface area contributed by atoms with Crippen LogP contribution in [-0.2, 0) is 9.47 Å². The van der Waals surface area contributed by atoms with E-state index in [9.17, 15) is 14.7 Å².